The number of nitrogens with zero attached hydrogens (tertiary/aromatic N) is 2. The van der Waals surface area contributed by atoms with Gasteiger partial charge in [-0.2, -0.15) is 0 Å². The molecule has 0 aliphatic rings. The van der Waals surface area contributed by atoms with Crippen LogP contribution in [0.3, 0.4) is 0 Å². The van der Waals surface area contributed by atoms with Crippen LogP contribution in [0.1, 0.15) is 12.5 Å². The lowest BCUT2D eigenvalue weighted by Crippen LogP contribution is -2.03. The lowest BCUT2D eigenvalue weighted by atomic mass is 10.2. The van der Waals surface area contributed by atoms with E-state index in [9.17, 15) is 0 Å². The Labute approximate surface area is 124 Å². The van der Waals surface area contributed by atoms with E-state index in [1.54, 1.807) is 6.20 Å². The van der Waals surface area contributed by atoms with Gasteiger partial charge in [0.1, 0.15) is 0 Å². The third-order valence-electron chi connectivity index (χ3n) is 3.50. The number of benzene rings is 1. The number of rotatable bonds is 5. The summed E-state index contributed by atoms with van der Waals surface area (Å²) in [5.41, 5.74) is 3.43. The predicted octanol–water partition coefficient (Wildman–Crippen LogP) is 3.58. The van der Waals surface area contributed by atoms with Crippen molar-refractivity contribution < 1.29 is 4.74 Å². The summed E-state index contributed by atoms with van der Waals surface area (Å²) in [5, 5.41) is 4.69. The molecule has 0 saturated heterocycles. The molecule has 3 rings (SSSR count). The van der Waals surface area contributed by atoms with Gasteiger partial charge in [0.25, 0.3) is 0 Å². The first-order valence-corrected chi connectivity index (χ1v) is 7.14. The predicted molar refractivity (Wildman–Crippen MR) is 85.7 cm³/mol. The van der Waals surface area contributed by atoms with E-state index in [2.05, 4.69) is 52.4 Å². The minimum atomic E-state index is 0.611. The number of aromatic nitrogens is 2. The van der Waals surface area contributed by atoms with Gasteiger partial charge < -0.3 is 14.6 Å². The molecular weight excluding hydrogens is 262 g/mol. The van der Waals surface area contributed by atoms with Gasteiger partial charge in [-0.15, -0.1) is 0 Å². The Balaban J connectivity index is 1.84. The largest absolute Gasteiger partial charge is 0.476 e. The van der Waals surface area contributed by atoms with Crippen molar-refractivity contribution in [2.24, 2.45) is 7.05 Å². The highest BCUT2D eigenvalue weighted by molar-refractivity contribution is 5.84. The third kappa shape index (κ3) is 2.70. The van der Waals surface area contributed by atoms with E-state index in [4.69, 9.17) is 4.74 Å². The molecule has 0 radical (unpaired) electrons. The molecule has 21 heavy (non-hydrogen) atoms. The Morgan fingerprint density at radius 1 is 1.19 bits per heavy atom. The van der Waals surface area contributed by atoms with Crippen LogP contribution in [0.25, 0.3) is 10.9 Å². The summed E-state index contributed by atoms with van der Waals surface area (Å²) < 4.78 is 7.69. The van der Waals surface area contributed by atoms with E-state index in [0.29, 0.717) is 12.5 Å². The molecule has 2 heterocycles. The molecule has 1 aromatic carbocycles. The Morgan fingerprint density at radius 2 is 2.05 bits per heavy atom. The SMILES string of the molecule is CCOc1ncccc1NCc1cn(C)c2ccccc12. The van der Waals surface area contributed by atoms with Gasteiger partial charge in [0.05, 0.1) is 12.3 Å². The Morgan fingerprint density at radius 3 is 2.90 bits per heavy atom. The maximum Gasteiger partial charge on any atom is 0.237 e. The maximum atomic E-state index is 5.54. The highest BCUT2D eigenvalue weighted by Crippen LogP contribution is 2.24. The van der Waals surface area contributed by atoms with Crippen molar-refractivity contribution in [2.45, 2.75) is 13.5 Å². The first kappa shape index (κ1) is 13.5. The van der Waals surface area contributed by atoms with Crippen LogP contribution in [0.15, 0.2) is 48.8 Å². The van der Waals surface area contributed by atoms with Gasteiger partial charge in [-0.25, -0.2) is 4.98 Å². The van der Waals surface area contributed by atoms with Crippen molar-refractivity contribution in [3.8, 4) is 5.88 Å². The number of hydrogen-bond donors (Lipinski definition) is 1. The molecule has 3 aromatic rings. The van der Waals surface area contributed by atoms with Crippen LogP contribution in [-0.2, 0) is 13.6 Å². The molecule has 0 atom stereocenters. The lowest BCUT2D eigenvalue weighted by molar-refractivity contribution is 0.328. The van der Waals surface area contributed by atoms with Crippen LogP contribution in [0.5, 0.6) is 5.88 Å². The highest BCUT2D eigenvalue weighted by Gasteiger charge is 2.08. The molecule has 0 spiro atoms. The monoisotopic (exact) mass is 281 g/mol. The van der Waals surface area contributed by atoms with E-state index in [1.165, 1.54) is 16.5 Å². The zero-order chi connectivity index (χ0) is 14.7. The molecule has 0 unspecified atom stereocenters. The Hall–Kier alpha value is -2.49. The molecule has 2 aromatic heterocycles. The number of para-hydroxylation sites is 1. The van der Waals surface area contributed by atoms with E-state index in [1.807, 2.05) is 19.1 Å². The van der Waals surface area contributed by atoms with Crippen LogP contribution in [0.4, 0.5) is 5.69 Å². The summed E-state index contributed by atoms with van der Waals surface area (Å²) in [5.74, 6) is 0.653. The number of pyridine rings is 1. The summed E-state index contributed by atoms with van der Waals surface area (Å²) in [4.78, 5) is 4.26. The van der Waals surface area contributed by atoms with Gasteiger partial charge in [0.2, 0.25) is 5.88 Å². The summed E-state index contributed by atoms with van der Waals surface area (Å²) in [7, 11) is 2.07. The summed E-state index contributed by atoms with van der Waals surface area (Å²) in [6.45, 7) is 3.32. The van der Waals surface area contributed by atoms with Crippen molar-refractivity contribution >= 4 is 16.6 Å². The second-order valence-electron chi connectivity index (χ2n) is 4.93. The quantitative estimate of drug-likeness (QED) is 0.777. The number of fused-ring (bicyclic) bond motifs is 1. The molecule has 0 aliphatic heterocycles. The third-order valence-corrected chi connectivity index (χ3v) is 3.50. The normalized spacial score (nSPS) is 10.8. The summed E-state index contributed by atoms with van der Waals surface area (Å²) in [6.07, 6.45) is 3.91. The van der Waals surface area contributed by atoms with Gasteiger partial charge in [0.15, 0.2) is 0 Å². The van der Waals surface area contributed by atoms with Crippen molar-refractivity contribution in [3.63, 3.8) is 0 Å². The fraction of sp³-hybridized carbons (Fsp3) is 0.235. The number of nitrogens with one attached hydrogen (secondary N) is 1. The van der Waals surface area contributed by atoms with Gasteiger partial charge in [-0.3, -0.25) is 0 Å². The lowest BCUT2D eigenvalue weighted by Gasteiger charge is -2.10. The van der Waals surface area contributed by atoms with Gasteiger partial charge in [-0.1, -0.05) is 18.2 Å². The Bertz CT molecular complexity index is 749. The Kier molecular flexibility index (Phi) is 3.77. The summed E-state index contributed by atoms with van der Waals surface area (Å²) in [6, 6.07) is 12.3. The van der Waals surface area contributed by atoms with Crippen molar-refractivity contribution in [2.75, 3.05) is 11.9 Å². The minimum Gasteiger partial charge on any atom is -0.476 e. The molecule has 0 fully saturated rings. The average molecular weight is 281 g/mol. The van der Waals surface area contributed by atoms with Crippen molar-refractivity contribution in [3.05, 3.63) is 54.4 Å². The van der Waals surface area contributed by atoms with Crippen molar-refractivity contribution in [1.82, 2.24) is 9.55 Å². The van der Waals surface area contributed by atoms with Crippen LogP contribution in [0.2, 0.25) is 0 Å². The maximum absolute atomic E-state index is 5.54. The second-order valence-corrected chi connectivity index (χ2v) is 4.93. The molecule has 1 N–H and O–H groups in total. The zero-order valence-electron chi connectivity index (χ0n) is 12.3. The topological polar surface area (TPSA) is 39.1 Å². The molecule has 4 heteroatoms. The molecule has 0 bridgehead atoms. The number of aryl methyl sites for hydroxylation is 1. The van der Waals surface area contributed by atoms with Crippen LogP contribution < -0.4 is 10.1 Å². The van der Waals surface area contributed by atoms with E-state index in [0.717, 1.165) is 12.2 Å². The first-order chi connectivity index (χ1) is 10.3. The van der Waals surface area contributed by atoms with E-state index >= 15 is 0 Å². The van der Waals surface area contributed by atoms with Gasteiger partial charge in [-0.05, 0) is 30.7 Å². The van der Waals surface area contributed by atoms with Crippen LogP contribution >= 0.6 is 0 Å². The fourth-order valence-corrected chi connectivity index (χ4v) is 2.53. The standard InChI is InChI=1S/C17H19N3O/c1-3-21-17-15(8-6-10-18-17)19-11-13-12-20(2)16-9-5-4-7-14(13)16/h4-10,12,19H,3,11H2,1-2H3. The smallest absolute Gasteiger partial charge is 0.237 e. The molecule has 108 valence electrons. The van der Waals surface area contributed by atoms with Gasteiger partial charge >= 0.3 is 0 Å². The van der Waals surface area contributed by atoms with E-state index < -0.39 is 0 Å². The van der Waals surface area contributed by atoms with Gasteiger partial charge in [0, 0.05) is 36.9 Å². The zero-order valence-corrected chi connectivity index (χ0v) is 12.3. The molecule has 4 nitrogen and oxygen atoms in total. The number of ether oxygens (including phenoxy) is 1. The second kappa shape index (κ2) is 5.87. The van der Waals surface area contributed by atoms with Crippen LogP contribution in [-0.4, -0.2) is 16.2 Å². The first-order valence-electron chi connectivity index (χ1n) is 7.14. The highest BCUT2D eigenvalue weighted by atomic mass is 16.5. The molecule has 0 saturated carbocycles. The molecular formula is C17H19N3O. The minimum absolute atomic E-state index is 0.611. The summed E-state index contributed by atoms with van der Waals surface area (Å²) >= 11 is 0. The average Bonchev–Trinajstić information content (AvgIpc) is 2.84. The number of hydrogen-bond acceptors (Lipinski definition) is 3. The van der Waals surface area contributed by atoms with Crippen LogP contribution in [0, 0.1) is 0 Å². The fourth-order valence-electron chi connectivity index (χ4n) is 2.53. The van der Waals surface area contributed by atoms with Crippen molar-refractivity contribution in [1.29, 1.82) is 0 Å². The van der Waals surface area contributed by atoms with E-state index in [-0.39, 0.29) is 0 Å². The number of anilines is 1. The molecule has 0 amide bonds. The molecule has 0 aliphatic carbocycles.